The highest BCUT2D eigenvalue weighted by atomic mass is 35.5. The van der Waals surface area contributed by atoms with Crippen molar-refractivity contribution in [3.8, 4) is 17.0 Å². The Balaban J connectivity index is 1.62. The Morgan fingerprint density at radius 2 is 1.80 bits per heavy atom. The lowest BCUT2D eigenvalue weighted by molar-refractivity contribution is -0.118. The van der Waals surface area contributed by atoms with Crippen LogP contribution >= 0.6 is 22.9 Å². The Bertz CT molecular complexity index is 873. The summed E-state index contributed by atoms with van der Waals surface area (Å²) in [5.41, 5.74) is 3.13. The highest BCUT2D eigenvalue weighted by Gasteiger charge is 2.12. The zero-order valence-electron chi connectivity index (χ0n) is 13.9. The van der Waals surface area contributed by atoms with Crippen LogP contribution in [0.2, 0.25) is 5.02 Å². The Morgan fingerprint density at radius 1 is 1.12 bits per heavy atom. The van der Waals surface area contributed by atoms with Crippen LogP contribution in [0.15, 0.2) is 48.5 Å². The van der Waals surface area contributed by atoms with E-state index in [9.17, 15) is 4.79 Å². The number of nitrogens with one attached hydrogen (secondary N) is 1. The van der Waals surface area contributed by atoms with E-state index >= 15 is 0 Å². The van der Waals surface area contributed by atoms with E-state index in [1.54, 1.807) is 24.3 Å². The Labute approximate surface area is 155 Å². The number of amides is 1. The lowest BCUT2D eigenvalue weighted by Crippen LogP contribution is -2.20. The number of halogens is 1. The van der Waals surface area contributed by atoms with Gasteiger partial charge in [0.1, 0.15) is 5.75 Å². The summed E-state index contributed by atoms with van der Waals surface area (Å²) in [6.07, 6.45) is 0. The molecule has 1 amide bonds. The minimum Gasteiger partial charge on any atom is -0.484 e. The van der Waals surface area contributed by atoms with E-state index in [4.69, 9.17) is 16.3 Å². The molecule has 0 saturated heterocycles. The summed E-state index contributed by atoms with van der Waals surface area (Å²) in [5, 5.41) is 3.97. The van der Waals surface area contributed by atoms with E-state index in [2.05, 4.69) is 10.3 Å². The molecule has 0 aliphatic rings. The van der Waals surface area contributed by atoms with Gasteiger partial charge in [-0.3, -0.25) is 10.1 Å². The highest BCUT2D eigenvalue weighted by molar-refractivity contribution is 7.16. The Hall–Kier alpha value is -2.37. The topological polar surface area (TPSA) is 51.2 Å². The fourth-order valence-electron chi connectivity index (χ4n) is 2.26. The van der Waals surface area contributed by atoms with Crippen LogP contribution in [-0.2, 0) is 4.79 Å². The standard InChI is InChI=1S/C19H17ClN2O2S/c1-12-3-5-14(6-4-12)18-13(2)25-19(22-18)21-17(23)11-24-16-9-7-15(20)8-10-16/h3-10H,11H2,1-2H3,(H,21,22,23). The second-order valence-electron chi connectivity index (χ2n) is 5.58. The molecule has 0 saturated carbocycles. The molecule has 4 nitrogen and oxygen atoms in total. The number of ether oxygens (including phenoxy) is 1. The van der Waals surface area contributed by atoms with Gasteiger partial charge < -0.3 is 4.74 Å². The summed E-state index contributed by atoms with van der Waals surface area (Å²) in [6.45, 7) is 3.96. The number of aromatic nitrogens is 1. The number of benzene rings is 2. The molecule has 3 rings (SSSR count). The van der Waals surface area contributed by atoms with Crippen molar-refractivity contribution in [1.29, 1.82) is 0 Å². The number of nitrogens with zero attached hydrogens (tertiary/aromatic N) is 1. The van der Waals surface area contributed by atoms with Crippen LogP contribution in [0.5, 0.6) is 5.75 Å². The SMILES string of the molecule is Cc1ccc(-c2nc(NC(=O)COc3ccc(Cl)cc3)sc2C)cc1. The lowest BCUT2D eigenvalue weighted by atomic mass is 10.1. The molecule has 0 spiro atoms. The largest absolute Gasteiger partial charge is 0.484 e. The van der Waals surface area contributed by atoms with Crippen LogP contribution in [-0.4, -0.2) is 17.5 Å². The molecule has 2 aromatic carbocycles. The van der Waals surface area contributed by atoms with Crippen molar-refractivity contribution in [2.75, 3.05) is 11.9 Å². The Morgan fingerprint density at radius 3 is 2.48 bits per heavy atom. The first kappa shape index (κ1) is 17.5. The molecule has 1 aromatic heterocycles. The number of carbonyl (C=O) groups excluding carboxylic acids is 1. The second kappa shape index (κ2) is 7.68. The molecule has 0 radical (unpaired) electrons. The smallest absolute Gasteiger partial charge is 0.264 e. The van der Waals surface area contributed by atoms with Gasteiger partial charge in [0.25, 0.3) is 5.91 Å². The zero-order chi connectivity index (χ0) is 17.8. The average Bonchev–Trinajstić information content (AvgIpc) is 2.95. The van der Waals surface area contributed by atoms with Gasteiger partial charge in [0, 0.05) is 15.5 Å². The summed E-state index contributed by atoms with van der Waals surface area (Å²) in [7, 11) is 0. The number of rotatable bonds is 5. The fraction of sp³-hybridized carbons (Fsp3) is 0.158. The van der Waals surface area contributed by atoms with E-state index < -0.39 is 0 Å². The minimum absolute atomic E-state index is 0.0832. The fourth-order valence-corrected chi connectivity index (χ4v) is 3.24. The number of carbonyl (C=O) groups is 1. The zero-order valence-corrected chi connectivity index (χ0v) is 15.4. The normalized spacial score (nSPS) is 10.5. The third-order valence-electron chi connectivity index (χ3n) is 3.55. The summed E-state index contributed by atoms with van der Waals surface area (Å²) in [5.74, 6) is 0.342. The van der Waals surface area contributed by atoms with Crippen LogP contribution in [0.3, 0.4) is 0 Å². The van der Waals surface area contributed by atoms with Crippen LogP contribution in [0.25, 0.3) is 11.3 Å². The first-order valence-corrected chi connectivity index (χ1v) is 8.93. The first-order chi connectivity index (χ1) is 12.0. The van der Waals surface area contributed by atoms with Crippen molar-refractivity contribution in [1.82, 2.24) is 4.98 Å². The summed E-state index contributed by atoms with van der Waals surface area (Å²) >= 11 is 7.27. The number of hydrogen-bond donors (Lipinski definition) is 1. The number of anilines is 1. The maximum absolute atomic E-state index is 12.1. The van der Waals surface area contributed by atoms with Crippen molar-refractivity contribution in [2.24, 2.45) is 0 Å². The van der Waals surface area contributed by atoms with Gasteiger partial charge in [-0.1, -0.05) is 41.4 Å². The molecule has 0 atom stereocenters. The molecule has 3 aromatic rings. The molecule has 25 heavy (non-hydrogen) atoms. The molecule has 0 fully saturated rings. The van der Waals surface area contributed by atoms with Crippen molar-refractivity contribution < 1.29 is 9.53 Å². The van der Waals surface area contributed by atoms with Crippen molar-refractivity contribution in [2.45, 2.75) is 13.8 Å². The lowest BCUT2D eigenvalue weighted by Gasteiger charge is -2.05. The van der Waals surface area contributed by atoms with E-state index in [1.807, 2.05) is 38.1 Å². The molecule has 0 unspecified atom stereocenters. The molecular formula is C19H17ClN2O2S. The van der Waals surface area contributed by atoms with Gasteiger partial charge in [-0.2, -0.15) is 0 Å². The summed E-state index contributed by atoms with van der Waals surface area (Å²) < 4.78 is 5.44. The number of thiazole rings is 1. The van der Waals surface area contributed by atoms with E-state index in [0.717, 1.165) is 16.1 Å². The predicted octanol–water partition coefficient (Wildman–Crippen LogP) is 5.10. The maximum Gasteiger partial charge on any atom is 0.264 e. The van der Waals surface area contributed by atoms with Crippen LogP contribution in [0.4, 0.5) is 5.13 Å². The van der Waals surface area contributed by atoms with Gasteiger partial charge in [0.05, 0.1) is 5.69 Å². The quantitative estimate of drug-likeness (QED) is 0.678. The number of hydrogen-bond acceptors (Lipinski definition) is 4. The predicted molar refractivity (Wildman–Crippen MR) is 103 cm³/mol. The van der Waals surface area contributed by atoms with Gasteiger partial charge >= 0.3 is 0 Å². The molecule has 0 aliphatic carbocycles. The van der Waals surface area contributed by atoms with E-state index in [1.165, 1.54) is 16.9 Å². The van der Waals surface area contributed by atoms with Gasteiger partial charge in [0.2, 0.25) is 0 Å². The highest BCUT2D eigenvalue weighted by Crippen LogP contribution is 2.30. The van der Waals surface area contributed by atoms with Crippen molar-refractivity contribution in [3.63, 3.8) is 0 Å². The van der Waals surface area contributed by atoms with Crippen LogP contribution in [0, 0.1) is 13.8 Å². The molecule has 0 bridgehead atoms. The second-order valence-corrected chi connectivity index (χ2v) is 7.22. The van der Waals surface area contributed by atoms with Gasteiger partial charge in [-0.25, -0.2) is 4.98 Å². The first-order valence-electron chi connectivity index (χ1n) is 7.74. The minimum atomic E-state index is -0.251. The molecule has 0 aliphatic heterocycles. The molecular weight excluding hydrogens is 356 g/mol. The maximum atomic E-state index is 12.1. The van der Waals surface area contributed by atoms with Crippen LogP contribution in [0.1, 0.15) is 10.4 Å². The van der Waals surface area contributed by atoms with Gasteiger partial charge in [-0.15, -0.1) is 11.3 Å². The third kappa shape index (κ3) is 4.59. The molecule has 1 heterocycles. The average molecular weight is 373 g/mol. The Kier molecular flexibility index (Phi) is 5.36. The van der Waals surface area contributed by atoms with E-state index in [0.29, 0.717) is 15.9 Å². The summed E-state index contributed by atoms with van der Waals surface area (Å²) in [4.78, 5) is 17.6. The number of aryl methyl sites for hydroxylation is 2. The van der Waals surface area contributed by atoms with Crippen molar-refractivity contribution >= 4 is 34.0 Å². The molecule has 128 valence electrons. The summed E-state index contributed by atoms with van der Waals surface area (Å²) in [6, 6.07) is 15.0. The monoisotopic (exact) mass is 372 g/mol. The van der Waals surface area contributed by atoms with Crippen molar-refractivity contribution in [3.05, 3.63) is 64.0 Å². The molecule has 6 heteroatoms. The molecule has 1 N–H and O–H groups in total. The van der Waals surface area contributed by atoms with Crippen LogP contribution < -0.4 is 10.1 Å². The van der Waals surface area contributed by atoms with Gasteiger partial charge in [-0.05, 0) is 38.1 Å². The van der Waals surface area contributed by atoms with E-state index in [-0.39, 0.29) is 12.5 Å². The third-order valence-corrected chi connectivity index (χ3v) is 4.69. The van der Waals surface area contributed by atoms with Gasteiger partial charge in [0.15, 0.2) is 11.7 Å².